The topological polar surface area (TPSA) is 54.5 Å². The van der Waals surface area contributed by atoms with E-state index in [-0.39, 0.29) is 11.9 Å². The third-order valence-electron chi connectivity index (χ3n) is 8.23. The molecule has 0 radical (unpaired) electrons. The van der Waals surface area contributed by atoms with Crippen LogP contribution in [-0.2, 0) is 0 Å². The zero-order valence-electron chi connectivity index (χ0n) is 20.5. The number of rotatable bonds is 6. The molecule has 0 spiro atoms. The van der Waals surface area contributed by atoms with Gasteiger partial charge in [-0.05, 0) is 74.3 Å². The summed E-state index contributed by atoms with van der Waals surface area (Å²) in [5.74, 6) is 1.43. The third kappa shape index (κ3) is 4.02. The number of ether oxygens (including phenoxy) is 1. The van der Waals surface area contributed by atoms with Gasteiger partial charge < -0.3 is 10.1 Å². The summed E-state index contributed by atoms with van der Waals surface area (Å²) in [5, 5.41) is 4.15. The number of aromatic nitrogens is 1. The summed E-state index contributed by atoms with van der Waals surface area (Å²) < 4.78 is 5.47. The predicted molar refractivity (Wildman–Crippen MR) is 139 cm³/mol. The van der Waals surface area contributed by atoms with Crippen molar-refractivity contribution in [3.63, 3.8) is 0 Å². The van der Waals surface area contributed by atoms with Crippen LogP contribution in [0.5, 0.6) is 5.75 Å². The summed E-state index contributed by atoms with van der Waals surface area (Å²) in [4.78, 5) is 20.5. The maximum Gasteiger partial charge on any atom is 0.252 e. The van der Waals surface area contributed by atoms with Crippen molar-refractivity contribution < 1.29 is 9.53 Å². The Morgan fingerprint density at radius 1 is 1.00 bits per heavy atom. The molecule has 1 aromatic heterocycles. The van der Waals surface area contributed by atoms with E-state index in [1.54, 1.807) is 7.11 Å². The fourth-order valence-electron chi connectivity index (χ4n) is 6.34. The molecule has 2 atom stereocenters. The SMILES string of the molecule is COc1ccc(C(=O)N[C@H]2CC[C@H](CCN3C4C=CC3c3ccccc34)CC2)c2ccc(C)nc12. The first-order valence-corrected chi connectivity index (χ1v) is 12.9. The first-order chi connectivity index (χ1) is 17.1. The zero-order chi connectivity index (χ0) is 23.9. The van der Waals surface area contributed by atoms with E-state index >= 15 is 0 Å². The minimum atomic E-state index is -0.00997. The average molecular weight is 468 g/mol. The number of carbonyl (C=O) groups is 1. The maximum absolute atomic E-state index is 13.2. The molecule has 5 nitrogen and oxygen atoms in total. The number of nitrogens with one attached hydrogen (secondary N) is 1. The molecule has 2 aliphatic heterocycles. The molecule has 2 bridgehead atoms. The van der Waals surface area contributed by atoms with Crippen LogP contribution in [0.4, 0.5) is 0 Å². The lowest BCUT2D eigenvalue weighted by Gasteiger charge is -2.31. The summed E-state index contributed by atoms with van der Waals surface area (Å²) in [6.45, 7) is 3.09. The van der Waals surface area contributed by atoms with Gasteiger partial charge in [-0.25, -0.2) is 4.98 Å². The van der Waals surface area contributed by atoms with Gasteiger partial charge in [0, 0.05) is 29.2 Å². The molecule has 1 fully saturated rings. The highest BCUT2D eigenvalue weighted by Gasteiger charge is 2.39. The highest BCUT2D eigenvalue weighted by atomic mass is 16.5. The Hall–Kier alpha value is -3.18. The standard InChI is InChI=1S/C30H33N3O2/c1-19-7-12-24-25(13-16-28(35-2)29(24)31-19)30(34)32-21-10-8-20(9-11-21)17-18-33-26-14-15-27(33)23-6-4-3-5-22(23)26/h3-7,12-16,20-21,26-27H,8-11,17-18H2,1-2H3,(H,32,34)/t20-,21-,26?,27?. The van der Waals surface area contributed by atoms with Gasteiger partial charge in [0.05, 0.1) is 19.2 Å². The van der Waals surface area contributed by atoms with E-state index in [2.05, 4.69) is 51.6 Å². The smallest absolute Gasteiger partial charge is 0.252 e. The summed E-state index contributed by atoms with van der Waals surface area (Å²) in [6.07, 6.45) is 10.4. The summed E-state index contributed by atoms with van der Waals surface area (Å²) in [6, 6.07) is 17.7. The van der Waals surface area contributed by atoms with E-state index in [9.17, 15) is 4.79 Å². The lowest BCUT2D eigenvalue weighted by atomic mass is 9.84. The number of aryl methyl sites for hydroxylation is 1. The fourth-order valence-corrected chi connectivity index (χ4v) is 6.34. The van der Waals surface area contributed by atoms with Crippen molar-refractivity contribution in [1.29, 1.82) is 0 Å². The van der Waals surface area contributed by atoms with Crippen LogP contribution >= 0.6 is 0 Å². The van der Waals surface area contributed by atoms with Crippen LogP contribution < -0.4 is 10.1 Å². The number of pyridine rings is 1. The quantitative estimate of drug-likeness (QED) is 0.459. The number of amides is 1. The van der Waals surface area contributed by atoms with Crippen molar-refractivity contribution in [2.45, 2.75) is 57.2 Å². The summed E-state index contributed by atoms with van der Waals surface area (Å²) in [7, 11) is 1.64. The van der Waals surface area contributed by atoms with Crippen molar-refractivity contribution in [2.24, 2.45) is 5.92 Å². The molecule has 1 N–H and O–H groups in total. The van der Waals surface area contributed by atoms with Gasteiger partial charge in [-0.15, -0.1) is 0 Å². The molecule has 3 aromatic rings. The minimum Gasteiger partial charge on any atom is -0.494 e. The number of methoxy groups -OCH3 is 1. The van der Waals surface area contributed by atoms with E-state index in [4.69, 9.17) is 4.74 Å². The van der Waals surface area contributed by atoms with Gasteiger partial charge in [0.15, 0.2) is 0 Å². The molecule has 1 aliphatic carbocycles. The van der Waals surface area contributed by atoms with Crippen LogP contribution in [0.3, 0.4) is 0 Å². The lowest BCUT2D eigenvalue weighted by molar-refractivity contribution is 0.0921. The van der Waals surface area contributed by atoms with Gasteiger partial charge >= 0.3 is 0 Å². The van der Waals surface area contributed by atoms with E-state index in [0.29, 0.717) is 23.4 Å². The van der Waals surface area contributed by atoms with Crippen LogP contribution in [0.2, 0.25) is 0 Å². The first-order valence-electron chi connectivity index (χ1n) is 12.9. The molecule has 6 rings (SSSR count). The Labute approximate surface area is 207 Å². The fraction of sp³-hybridized carbons (Fsp3) is 0.400. The van der Waals surface area contributed by atoms with Crippen molar-refractivity contribution >= 4 is 16.8 Å². The normalized spacial score (nSPS) is 25.1. The van der Waals surface area contributed by atoms with E-state index in [1.165, 1.54) is 30.4 Å². The largest absolute Gasteiger partial charge is 0.494 e. The van der Waals surface area contributed by atoms with E-state index in [1.807, 2.05) is 31.2 Å². The Balaban J connectivity index is 1.04. The van der Waals surface area contributed by atoms with Gasteiger partial charge in [-0.3, -0.25) is 9.69 Å². The monoisotopic (exact) mass is 467 g/mol. The molecule has 3 heterocycles. The molecule has 35 heavy (non-hydrogen) atoms. The van der Waals surface area contributed by atoms with Gasteiger partial charge in [-0.2, -0.15) is 0 Å². The molecule has 180 valence electrons. The Bertz CT molecular complexity index is 1260. The second-order valence-corrected chi connectivity index (χ2v) is 10.3. The van der Waals surface area contributed by atoms with Crippen LogP contribution in [0, 0.1) is 12.8 Å². The van der Waals surface area contributed by atoms with Crippen molar-refractivity contribution in [1.82, 2.24) is 15.2 Å². The second kappa shape index (κ2) is 9.12. The van der Waals surface area contributed by atoms with Gasteiger partial charge in [0.2, 0.25) is 0 Å². The van der Waals surface area contributed by atoms with Crippen LogP contribution in [0.25, 0.3) is 10.9 Å². The molecule has 2 aromatic carbocycles. The van der Waals surface area contributed by atoms with Gasteiger partial charge in [0.25, 0.3) is 5.91 Å². The first kappa shape index (κ1) is 22.3. The number of carbonyl (C=O) groups excluding carboxylic acids is 1. The number of hydrogen-bond acceptors (Lipinski definition) is 4. The summed E-state index contributed by atoms with van der Waals surface area (Å²) >= 11 is 0. The lowest BCUT2D eigenvalue weighted by Crippen LogP contribution is -2.38. The van der Waals surface area contributed by atoms with Gasteiger partial charge in [0.1, 0.15) is 11.3 Å². The highest BCUT2D eigenvalue weighted by molar-refractivity contribution is 6.07. The third-order valence-corrected chi connectivity index (χ3v) is 8.23. The van der Waals surface area contributed by atoms with E-state index in [0.717, 1.165) is 41.9 Å². The number of fused-ring (bicyclic) bond motifs is 6. The Kier molecular flexibility index (Phi) is 5.81. The summed E-state index contributed by atoms with van der Waals surface area (Å²) in [5.41, 5.74) is 5.31. The predicted octanol–water partition coefficient (Wildman–Crippen LogP) is 5.90. The Morgan fingerprint density at radius 2 is 1.71 bits per heavy atom. The number of nitrogens with zero attached hydrogens (tertiary/aromatic N) is 2. The van der Waals surface area contributed by atoms with Crippen molar-refractivity contribution in [3.8, 4) is 5.75 Å². The molecular formula is C30H33N3O2. The zero-order valence-corrected chi connectivity index (χ0v) is 20.5. The van der Waals surface area contributed by atoms with Crippen LogP contribution in [0.1, 0.15) is 71.4 Å². The molecule has 2 unspecified atom stereocenters. The van der Waals surface area contributed by atoms with Gasteiger partial charge in [-0.1, -0.05) is 42.5 Å². The highest BCUT2D eigenvalue weighted by Crippen LogP contribution is 2.48. The van der Waals surface area contributed by atoms with Crippen molar-refractivity contribution in [2.75, 3.05) is 13.7 Å². The molecule has 1 saturated carbocycles. The van der Waals surface area contributed by atoms with Crippen molar-refractivity contribution in [3.05, 3.63) is 83.1 Å². The minimum absolute atomic E-state index is 0.00997. The molecule has 0 saturated heterocycles. The molecule has 5 heteroatoms. The molecular weight excluding hydrogens is 434 g/mol. The number of hydrogen-bond donors (Lipinski definition) is 1. The van der Waals surface area contributed by atoms with Crippen LogP contribution in [-0.4, -0.2) is 35.5 Å². The Morgan fingerprint density at radius 3 is 2.40 bits per heavy atom. The maximum atomic E-state index is 13.2. The number of benzene rings is 2. The molecule has 1 amide bonds. The second-order valence-electron chi connectivity index (χ2n) is 10.3. The van der Waals surface area contributed by atoms with E-state index < -0.39 is 0 Å². The average Bonchev–Trinajstić information content (AvgIpc) is 3.43. The van der Waals surface area contributed by atoms with Crippen LogP contribution in [0.15, 0.2) is 60.7 Å². The molecule has 3 aliphatic rings.